The third-order valence-corrected chi connectivity index (χ3v) is 4.51. The van der Waals surface area contributed by atoms with Gasteiger partial charge in [0.25, 0.3) is 0 Å². The quantitative estimate of drug-likeness (QED) is 0.933. The molecule has 1 N–H and O–H groups in total. The van der Waals surface area contributed by atoms with Crippen LogP contribution in [0, 0.1) is 0 Å². The van der Waals surface area contributed by atoms with E-state index in [1.807, 2.05) is 0 Å². The summed E-state index contributed by atoms with van der Waals surface area (Å²) in [7, 11) is 0. The molecule has 2 atom stereocenters. The van der Waals surface area contributed by atoms with Gasteiger partial charge in [-0.25, -0.2) is 0 Å². The first kappa shape index (κ1) is 15.2. The smallest absolute Gasteiger partial charge is 0.395 e. The summed E-state index contributed by atoms with van der Waals surface area (Å²) in [6.07, 6.45) is -4.37. The summed E-state index contributed by atoms with van der Waals surface area (Å²) in [5, 5.41) is 8.40. The number of rotatable bonds is 3. The summed E-state index contributed by atoms with van der Waals surface area (Å²) < 4.78 is 37.5. The van der Waals surface area contributed by atoms with Crippen LogP contribution in [0.5, 0.6) is 0 Å². The second kappa shape index (κ2) is 5.65. The molecule has 0 bridgehead atoms. The molecule has 0 aromatic heterocycles. The molecule has 0 aliphatic carbocycles. The Balaban J connectivity index is 2.24. The molecule has 1 amide bonds. The maximum atomic E-state index is 12.5. The average molecular weight is 305 g/mol. The van der Waals surface area contributed by atoms with Gasteiger partial charge < -0.3 is 10.0 Å². The number of hydrogen-bond donors (Lipinski definition) is 1. The van der Waals surface area contributed by atoms with Crippen LogP contribution in [0.25, 0.3) is 0 Å². The predicted octanol–water partition coefficient (Wildman–Crippen LogP) is 2.66. The third-order valence-electron chi connectivity index (χ3n) is 3.11. The highest BCUT2D eigenvalue weighted by atomic mass is 32.2. The van der Waals surface area contributed by atoms with E-state index in [4.69, 9.17) is 5.11 Å². The van der Waals surface area contributed by atoms with Gasteiger partial charge in [-0.2, -0.15) is 13.2 Å². The van der Waals surface area contributed by atoms with E-state index in [1.165, 1.54) is 28.8 Å². The highest BCUT2D eigenvalue weighted by Crippen LogP contribution is 2.43. The van der Waals surface area contributed by atoms with Crippen molar-refractivity contribution in [3.63, 3.8) is 0 Å². The maximum absolute atomic E-state index is 12.5. The van der Waals surface area contributed by atoms with Crippen LogP contribution in [-0.4, -0.2) is 34.3 Å². The molecular weight excluding hydrogens is 291 g/mol. The van der Waals surface area contributed by atoms with Gasteiger partial charge in [-0.3, -0.25) is 4.79 Å². The summed E-state index contributed by atoms with van der Waals surface area (Å²) in [4.78, 5) is 13.4. The summed E-state index contributed by atoms with van der Waals surface area (Å²) >= 11 is 1.37. The van der Waals surface area contributed by atoms with Crippen LogP contribution in [0.15, 0.2) is 24.3 Å². The van der Waals surface area contributed by atoms with Crippen LogP contribution in [0.2, 0.25) is 0 Å². The molecule has 0 unspecified atom stereocenters. The number of amides is 1. The second-order valence-electron chi connectivity index (χ2n) is 4.51. The first-order chi connectivity index (χ1) is 9.34. The predicted molar refractivity (Wildman–Crippen MR) is 70.0 cm³/mol. The molecule has 1 heterocycles. The number of β-amino-alcohol motifs (C(OH)–C–C–N with tert-alkyl or cyclic N) is 1. The topological polar surface area (TPSA) is 40.5 Å². The monoisotopic (exact) mass is 305 g/mol. The Kier molecular flexibility index (Phi) is 4.29. The van der Waals surface area contributed by atoms with Gasteiger partial charge in [-0.15, -0.1) is 11.8 Å². The summed E-state index contributed by atoms with van der Waals surface area (Å²) in [5.74, 6) is -0.103. The Bertz CT molecular complexity index is 489. The van der Waals surface area contributed by atoms with E-state index >= 15 is 0 Å². The number of benzene rings is 1. The van der Waals surface area contributed by atoms with E-state index in [0.717, 1.165) is 12.1 Å². The Morgan fingerprint density at radius 2 is 1.90 bits per heavy atom. The molecule has 1 fully saturated rings. The lowest BCUT2D eigenvalue weighted by atomic mass is 10.1. The van der Waals surface area contributed by atoms with Gasteiger partial charge in [-0.1, -0.05) is 12.1 Å². The van der Waals surface area contributed by atoms with Gasteiger partial charge in [0, 0.05) is 6.54 Å². The zero-order valence-corrected chi connectivity index (χ0v) is 11.5. The van der Waals surface area contributed by atoms with Crippen molar-refractivity contribution < 1.29 is 23.1 Å². The number of carbonyl (C=O) groups is 1. The van der Waals surface area contributed by atoms with Crippen molar-refractivity contribution >= 4 is 17.7 Å². The number of alkyl halides is 3. The molecule has 110 valence electrons. The van der Waals surface area contributed by atoms with Crippen molar-refractivity contribution in [3.05, 3.63) is 35.4 Å². The van der Waals surface area contributed by atoms with Crippen molar-refractivity contribution in [2.45, 2.75) is 23.7 Å². The third kappa shape index (κ3) is 2.93. The highest BCUT2D eigenvalue weighted by Gasteiger charge is 2.38. The van der Waals surface area contributed by atoms with Crippen molar-refractivity contribution in [3.8, 4) is 0 Å². The molecule has 0 saturated carbocycles. The van der Waals surface area contributed by atoms with E-state index in [-0.39, 0.29) is 29.7 Å². The van der Waals surface area contributed by atoms with Crippen molar-refractivity contribution in [2.75, 3.05) is 13.2 Å². The van der Waals surface area contributed by atoms with Crippen LogP contribution >= 0.6 is 11.8 Å². The zero-order chi connectivity index (χ0) is 14.9. The van der Waals surface area contributed by atoms with Crippen LogP contribution in [0.4, 0.5) is 13.2 Å². The number of aliphatic hydroxyl groups excluding tert-OH is 1. The molecule has 1 saturated heterocycles. The highest BCUT2D eigenvalue weighted by molar-refractivity contribution is 8.01. The van der Waals surface area contributed by atoms with Crippen molar-refractivity contribution in [1.29, 1.82) is 0 Å². The zero-order valence-electron chi connectivity index (χ0n) is 10.7. The lowest BCUT2D eigenvalue weighted by Gasteiger charge is -2.23. The van der Waals surface area contributed by atoms with Crippen LogP contribution in [0.1, 0.15) is 23.4 Å². The lowest BCUT2D eigenvalue weighted by Crippen LogP contribution is -2.32. The van der Waals surface area contributed by atoms with Gasteiger partial charge in [0.2, 0.25) is 5.91 Å². The Labute approximate surface area is 118 Å². The largest absolute Gasteiger partial charge is 0.416 e. The number of hydrogen-bond acceptors (Lipinski definition) is 3. The Morgan fingerprint density at radius 3 is 2.40 bits per heavy atom. The molecule has 0 radical (unpaired) electrons. The normalized spacial score (nSPS) is 23.4. The van der Waals surface area contributed by atoms with E-state index < -0.39 is 11.7 Å². The lowest BCUT2D eigenvalue weighted by molar-refractivity contribution is -0.137. The maximum Gasteiger partial charge on any atom is 0.416 e. The minimum atomic E-state index is -4.37. The van der Waals surface area contributed by atoms with E-state index in [2.05, 4.69) is 0 Å². The number of halogens is 3. The molecular formula is C13H14F3NO2S. The minimum absolute atomic E-state index is 0.103. The number of aliphatic hydroxyl groups is 1. The molecule has 1 aromatic carbocycles. The van der Waals surface area contributed by atoms with Crippen LogP contribution in [0.3, 0.4) is 0 Å². The average Bonchev–Trinajstić information content (AvgIpc) is 2.67. The standard InChI is InChI=1S/C13H14F3NO2S/c1-8-11(19)17(6-7-18)12(20-8)9-2-4-10(5-3-9)13(14,15)16/h2-5,8,12,18H,6-7H2,1H3/t8-,12+/m0/s1. The van der Waals surface area contributed by atoms with E-state index in [0.29, 0.717) is 5.56 Å². The number of nitrogens with zero attached hydrogens (tertiary/aromatic N) is 1. The van der Waals surface area contributed by atoms with Crippen LogP contribution < -0.4 is 0 Å². The van der Waals surface area contributed by atoms with E-state index in [9.17, 15) is 18.0 Å². The van der Waals surface area contributed by atoms with Gasteiger partial charge in [-0.05, 0) is 24.6 Å². The van der Waals surface area contributed by atoms with Gasteiger partial charge >= 0.3 is 6.18 Å². The SMILES string of the molecule is C[C@@H]1S[C@H](c2ccc(C(F)(F)F)cc2)N(CCO)C1=O. The first-order valence-corrected chi connectivity index (χ1v) is 7.03. The first-order valence-electron chi connectivity index (χ1n) is 6.08. The molecule has 1 aromatic rings. The molecule has 2 rings (SSSR count). The molecule has 1 aliphatic heterocycles. The van der Waals surface area contributed by atoms with Gasteiger partial charge in [0.05, 0.1) is 17.4 Å². The fourth-order valence-corrected chi connectivity index (χ4v) is 3.41. The summed E-state index contributed by atoms with van der Waals surface area (Å²) in [6, 6.07) is 4.80. The van der Waals surface area contributed by atoms with E-state index in [1.54, 1.807) is 6.92 Å². The Morgan fingerprint density at radius 1 is 1.30 bits per heavy atom. The summed E-state index contributed by atoms with van der Waals surface area (Å²) in [6.45, 7) is 1.76. The fraction of sp³-hybridized carbons (Fsp3) is 0.462. The summed E-state index contributed by atoms with van der Waals surface area (Å²) in [5.41, 5.74) is -0.0773. The van der Waals surface area contributed by atoms with Gasteiger partial charge in [0.1, 0.15) is 5.37 Å². The van der Waals surface area contributed by atoms with Gasteiger partial charge in [0.15, 0.2) is 0 Å². The second-order valence-corrected chi connectivity index (χ2v) is 5.93. The minimum Gasteiger partial charge on any atom is -0.395 e. The number of thioether (sulfide) groups is 1. The Hall–Kier alpha value is -1.21. The number of carbonyl (C=O) groups excluding carboxylic acids is 1. The van der Waals surface area contributed by atoms with Crippen LogP contribution in [-0.2, 0) is 11.0 Å². The molecule has 7 heteroatoms. The van der Waals surface area contributed by atoms with Crippen molar-refractivity contribution in [1.82, 2.24) is 4.90 Å². The molecule has 0 spiro atoms. The van der Waals surface area contributed by atoms with Crippen molar-refractivity contribution in [2.24, 2.45) is 0 Å². The molecule has 20 heavy (non-hydrogen) atoms. The fourth-order valence-electron chi connectivity index (χ4n) is 2.10. The molecule has 1 aliphatic rings. The molecule has 3 nitrogen and oxygen atoms in total.